The topological polar surface area (TPSA) is 193 Å². The van der Waals surface area contributed by atoms with Gasteiger partial charge in [0.25, 0.3) is 6.47 Å². The maximum absolute atomic E-state index is 13.2. The zero-order valence-electron chi connectivity index (χ0n) is 39.4. The summed E-state index contributed by atoms with van der Waals surface area (Å²) in [6.07, 6.45) is -4.63. The van der Waals surface area contributed by atoms with Crippen molar-refractivity contribution in [1.29, 1.82) is 0 Å². The minimum atomic E-state index is -4.23. The van der Waals surface area contributed by atoms with Crippen LogP contribution in [-0.2, 0) is 19.2 Å². The number of hydrogen-bond acceptors (Lipinski definition) is 13. The zero-order chi connectivity index (χ0) is 49.2. The monoisotopic (exact) mass is 1070 g/mol. The van der Waals surface area contributed by atoms with Crippen LogP contribution in [0.3, 0.4) is 0 Å². The van der Waals surface area contributed by atoms with Crippen LogP contribution in [0.2, 0.25) is 15.5 Å². The van der Waals surface area contributed by atoms with Crippen LogP contribution in [0.4, 0.5) is 26.3 Å². The van der Waals surface area contributed by atoms with Gasteiger partial charge in [-0.05, 0) is 91.5 Å². The number of H-pyrrole nitrogens is 1. The third-order valence-electron chi connectivity index (χ3n) is 9.76. The standard InChI is InChI=1S/C20H23ClF3N3O3.C10H11Cl2NO2.C10H13F3N2O.CH2O3.2K.H/c1-12(19(8-9-19)20(22,23)24)11-29-15-7-10-27(26-15)14-6-5-13(16(21)25-14)17(28)30-18(2,3)4;1-10(2,3)15-9(14)6-4-5-7(11)13-8(6)12;1-7(6-16-8-2-5-14-15-8)9(3-4-9)10(11,12)13;2-1-4-3;;;/h5-7,10,12H,8-9,11H2,1-4H3;4-5H,1-3H3;2,5,7H,3-4,6H2,1H3,(H,14,15);1,3H;;;/q;;;;2*+1;-1/p-1. The molecule has 0 aliphatic heterocycles. The molecule has 4 heterocycles. The normalized spacial score (nSPS) is 15.3. The van der Waals surface area contributed by atoms with Crippen LogP contribution in [-0.4, -0.2) is 85.1 Å². The fourth-order valence-electron chi connectivity index (χ4n) is 5.90. The number of aromatic amines is 1. The number of halogens is 9. The molecule has 0 radical (unpaired) electrons. The van der Waals surface area contributed by atoms with E-state index in [-0.39, 0.29) is 182 Å². The van der Waals surface area contributed by atoms with E-state index in [0.717, 1.165) is 0 Å². The Balaban J connectivity index is 0.00000100. The van der Waals surface area contributed by atoms with Crippen molar-refractivity contribution in [3.63, 3.8) is 0 Å². The minimum absolute atomic E-state index is 0. The minimum Gasteiger partial charge on any atom is -1.00 e. The van der Waals surface area contributed by atoms with Gasteiger partial charge in [-0.3, -0.25) is 4.79 Å². The van der Waals surface area contributed by atoms with E-state index in [9.17, 15) is 35.9 Å². The van der Waals surface area contributed by atoms with Crippen LogP contribution in [0.5, 0.6) is 11.8 Å². The number of rotatable bonds is 12. The van der Waals surface area contributed by atoms with Gasteiger partial charge in [0.2, 0.25) is 11.8 Å². The number of ether oxygens (including phenoxy) is 4. The Hall–Kier alpha value is -1.59. The molecule has 2 saturated carbocycles. The first-order valence-corrected chi connectivity index (χ1v) is 20.7. The van der Waals surface area contributed by atoms with E-state index in [2.05, 4.69) is 30.2 Å². The Kier molecular flexibility index (Phi) is 25.3. The molecule has 0 amide bonds. The van der Waals surface area contributed by atoms with Crippen LogP contribution in [0.25, 0.3) is 5.82 Å². The van der Waals surface area contributed by atoms with Gasteiger partial charge in [-0.2, -0.15) is 31.4 Å². The van der Waals surface area contributed by atoms with Gasteiger partial charge < -0.3 is 30.5 Å². The van der Waals surface area contributed by atoms with Gasteiger partial charge in [-0.25, -0.2) is 29.3 Å². The predicted octanol–water partition coefficient (Wildman–Crippen LogP) is 3.90. The van der Waals surface area contributed by atoms with Gasteiger partial charge in [0.15, 0.2) is 5.82 Å². The van der Waals surface area contributed by atoms with E-state index < -0.39 is 58.2 Å². The molecule has 6 rings (SSSR count). The van der Waals surface area contributed by atoms with Crippen molar-refractivity contribution in [2.45, 2.75) is 105 Å². The van der Waals surface area contributed by atoms with Gasteiger partial charge in [-0.15, -0.1) is 5.10 Å². The molecule has 26 heteroatoms. The first-order valence-electron chi connectivity index (χ1n) is 19.6. The quantitative estimate of drug-likeness (QED) is 0.0409. The molecule has 362 valence electrons. The Morgan fingerprint density at radius 2 is 1.22 bits per heavy atom. The summed E-state index contributed by atoms with van der Waals surface area (Å²) in [6, 6.07) is 9.10. The second-order valence-electron chi connectivity index (χ2n) is 16.9. The molecule has 4 aromatic heterocycles. The summed E-state index contributed by atoms with van der Waals surface area (Å²) in [6.45, 7) is 13.5. The van der Waals surface area contributed by atoms with Crippen molar-refractivity contribution in [3.05, 3.63) is 75.4 Å². The van der Waals surface area contributed by atoms with Crippen molar-refractivity contribution in [3.8, 4) is 17.6 Å². The molecule has 1 N–H and O–H groups in total. The number of esters is 2. The number of hydrogen-bond donors (Lipinski definition) is 1. The summed E-state index contributed by atoms with van der Waals surface area (Å²) in [4.78, 5) is 42.9. The molecule has 0 aromatic carbocycles. The van der Waals surface area contributed by atoms with E-state index in [1.54, 1.807) is 60.7 Å². The van der Waals surface area contributed by atoms with E-state index in [1.165, 1.54) is 48.1 Å². The molecule has 4 aromatic rings. The van der Waals surface area contributed by atoms with Gasteiger partial charge in [0.05, 0.1) is 41.4 Å². The summed E-state index contributed by atoms with van der Waals surface area (Å²) >= 11 is 17.5. The second kappa shape index (κ2) is 26.7. The molecule has 0 spiro atoms. The maximum Gasteiger partial charge on any atom is 1.00 e. The summed E-state index contributed by atoms with van der Waals surface area (Å²) in [5, 5.41) is 19.1. The molecular formula is C41H49Cl3F6K2N6O9. The Bertz CT molecular complexity index is 2210. The van der Waals surface area contributed by atoms with E-state index in [1.807, 2.05) is 0 Å². The largest absolute Gasteiger partial charge is 1.00 e. The molecule has 2 aliphatic carbocycles. The van der Waals surface area contributed by atoms with Crippen LogP contribution >= 0.6 is 34.8 Å². The van der Waals surface area contributed by atoms with Crippen LogP contribution < -0.4 is 118 Å². The molecule has 0 bridgehead atoms. The second-order valence-corrected chi connectivity index (χ2v) is 18.0. The average molecular weight is 1070 g/mol. The van der Waals surface area contributed by atoms with Crippen molar-refractivity contribution >= 4 is 53.2 Å². The average Bonchev–Trinajstić information content (AvgIpc) is 4.08. The smallest absolute Gasteiger partial charge is 1.00 e. The molecule has 2 unspecified atom stereocenters. The van der Waals surface area contributed by atoms with E-state index >= 15 is 0 Å². The Labute approximate surface area is 484 Å². The van der Waals surface area contributed by atoms with E-state index in [4.69, 9.17) is 63.8 Å². The molecule has 2 aliphatic rings. The summed E-state index contributed by atoms with van der Waals surface area (Å²) in [7, 11) is 0. The predicted molar refractivity (Wildman–Crippen MR) is 223 cm³/mol. The Morgan fingerprint density at radius 3 is 1.60 bits per heavy atom. The molecule has 0 saturated heterocycles. The number of carbonyl (C=O) groups excluding carboxylic acids is 3. The Morgan fingerprint density at radius 1 is 0.776 bits per heavy atom. The van der Waals surface area contributed by atoms with Gasteiger partial charge in [0.1, 0.15) is 26.7 Å². The summed E-state index contributed by atoms with van der Waals surface area (Å²) in [5.41, 5.74) is -4.06. The third-order valence-corrected chi connectivity index (χ3v) is 10.6. The van der Waals surface area contributed by atoms with Crippen molar-refractivity contribution in [2.24, 2.45) is 22.7 Å². The first-order chi connectivity index (χ1) is 30.0. The number of carbonyl (C=O) groups is 3. The maximum atomic E-state index is 13.2. The molecule has 15 nitrogen and oxygen atoms in total. The zero-order valence-corrected chi connectivity index (χ0v) is 46.9. The molecular weight excluding hydrogens is 1020 g/mol. The molecule has 2 atom stereocenters. The molecule has 67 heavy (non-hydrogen) atoms. The van der Waals surface area contributed by atoms with E-state index in [0.29, 0.717) is 11.7 Å². The van der Waals surface area contributed by atoms with Crippen molar-refractivity contribution in [2.75, 3.05) is 13.2 Å². The summed E-state index contributed by atoms with van der Waals surface area (Å²) in [5.74, 6) is -1.40. The first kappa shape index (κ1) is 63.4. The molecule has 2 fully saturated rings. The van der Waals surface area contributed by atoms with Crippen LogP contribution in [0.1, 0.15) is 103 Å². The number of pyridine rings is 2. The number of nitrogens with zero attached hydrogens (tertiary/aromatic N) is 5. The van der Waals surface area contributed by atoms with Crippen molar-refractivity contribution < 1.29 is 174 Å². The third kappa shape index (κ3) is 19.5. The van der Waals surface area contributed by atoms with Gasteiger partial charge in [0, 0.05) is 30.2 Å². The van der Waals surface area contributed by atoms with Crippen LogP contribution in [0, 0.1) is 22.7 Å². The van der Waals surface area contributed by atoms with Gasteiger partial charge in [-0.1, -0.05) is 48.7 Å². The van der Waals surface area contributed by atoms with Crippen molar-refractivity contribution in [1.82, 2.24) is 29.9 Å². The fourth-order valence-corrected chi connectivity index (χ4v) is 6.54. The SMILES string of the molecule is CC(C)(C)OC(=O)c1ccc(Cl)nc1Cl.CC(COc1ccn(-c2ccc(C(=O)OC(C)(C)C)c(Cl)n2)n1)C1(C(F)(F)F)CC1.CC(COc1ccn[nH]1)C1(C(F)(F)F)CC1.O=CO[O-].[H-].[K+].[K+]. The fraction of sp³-hybridized carbons (Fsp3) is 0.537. The number of alkyl halides is 6. The number of nitrogens with one attached hydrogen (secondary N) is 1. The van der Waals surface area contributed by atoms with Crippen LogP contribution in [0.15, 0.2) is 48.8 Å². The summed E-state index contributed by atoms with van der Waals surface area (Å²) < 4.78 is 100. The van der Waals surface area contributed by atoms with Gasteiger partial charge >= 0.3 is 127 Å². The number of aromatic nitrogens is 6.